The monoisotopic (exact) mass is 195 g/mol. The third-order valence-corrected chi connectivity index (χ3v) is 1.62. The number of rotatable bonds is 2. The maximum Gasteiger partial charge on any atom is 0.298 e. The summed E-state index contributed by atoms with van der Waals surface area (Å²) in [7, 11) is 1.63. The Morgan fingerprint density at radius 2 is 2.29 bits per heavy atom. The van der Waals surface area contributed by atoms with Crippen LogP contribution in [0.3, 0.4) is 0 Å². The van der Waals surface area contributed by atoms with Crippen LogP contribution in [-0.4, -0.2) is 31.6 Å². The molecule has 74 valence electrons. The third kappa shape index (κ3) is 1.32. The van der Waals surface area contributed by atoms with Crippen molar-refractivity contribution in [2.24, 2.45) is 7.05 Å². The molecule has 2 aromatic rings. The van der Waals surface area contributed by atoms with Crippen LogP contribution >= 0.6 is 0 Å². The normalized spacial score (nSPS) is 10.7. The van der Waals surface area contributed by atoms with Crippen LogP contribution in [0.2, 0.25) is 0 Å². The minimum Gasteiger partial charge on any atom is -0.465 e. The second-order valence-corrected chi connectivity index (χ2v) is 2.67. The number of nitrogens with one attached hydrogen (secondary N) is 1. The number of fused-ring (bicyclic) bond motifs is 1. The first-order valence-corrected chi connectivity index (χ1v) is 4.15. The quantitative estimate of drug-likeness (QED) is 0.694. The van der Waals surface area contributed by atoms with Gasteiger partial charge in [0.1, 0.15) is 0 Å². The van der Waals surface area contributed by atoms with E-state index >= 15 is 0 Å². The lowest BCUT2D eigenvalue weighted by molar-refractivity contribution is 0.313. The molecule has 2 aromatic heterocycles. The fourth-order valence-electron chi connectivity index (χ4n) is 1.10. The van der Waals surface area contributed by atoms with Crippen LogP contribution < -0.4 is 10.3 Å². The summed E-state index contributed by atoms with van der Waals surface area (Å²) in [5.74, 6) is 0. The Bertz CT molecular complexity index is 514. The summed E-state index contributed by atoms with van der Waals surface area (Å²) in [6.07, 6.45) is 0. The number of aromatic nitrogens is 5. The molecule has 0 bridgehead atoms. The fraction of sp³-hybridized carbons (Fsp3) is 0.429. The summed E-state index contributed by atoms with van der Waals surface area (Å²) in [4.78, 5) is 19.1. The van der Waals surface area contributed by atoms with E-state index in [1.165, 1.54) is 4.80 Å². The van der Waals surface area contributed by atoms with Crippen LogP contribution in [0.25, 0.3) is 11.2 Å². The highest BCUT2D eigenvalue weighted by Crippen LogP contribution is 2.03. The van der Waals surface area contributed by atoms with E-state index in [1.54, 1.807) is 14.0 Å². The molecular formula is C7H9N5O2. The number of hydrogen-bond donors (Lipinski definition) is 1. The van der Waals surface area contributed by atoms with Gasteiger partial charge in [0.25, 0.3) is 11.6 Å². The zero-order chi connectivity index (χ0) is 10.1. The highest BCUT2D eigenvalue weighted by molar-refractivity contribution is 5.67. The molecular weight excluding hydrogens is 186 g/mol. The van der Waals surface area contributed by atoms with Gasteiger partial charge >= 0.3 is 0 Å². The number of nitrogens with zero attached hydrogens (tertiary/aromatic N) is 4. The van der Waals surface area contributed by atoms with Crippen molar-refractivity contribution in [3.63, 3.8) is 0 Å². The van der Waals surface area contributed by atoms with Crippen molar-refractivity contribution in [2.75, 3.05) is 6.61 Å². The first-order valence-electron chi connectivity index (χ1n) is 4.15. The second kappa shape index (κ2) is 3.09. The lowest BCUT2D eigenvalue weighted by atomic mass is 10.5. The van der Waals surface area contributed by atoms with Gasteiger partial charge in [0.05, 0.1) is 6.61 Å². The van der Waals surface area contributed by atoms with Crippen molar-refractivity contribution in [1.29, 1.82) is 0 Å². The molecule has 0 aromatic carbocycles. The summed E-state index contributed by atoms with van der Waals surface area (Å²) < 4.78 is 5.06. The average molecular weight is 195 g/mol. The second-order valence-electron chi connectivity index (χ2n) is 2.67. The number of H-pyrrole nitrogens is 1. The summed E-state index contributed by atoms with van der Waals surface area (Å²) >= 11 is 0. The molecule has 0 saturated carbocycles. The molecule has 7 heteroatoms. The van der Waals surface area contributed by atoms with Crippen LogP contribution in [0.15, 0.2) is 4.79 Å². The Balaban J connectivity index is 2.65. The molecule has 2 rings (SSSR count). The van der Waals surface area contributed by atoms with Crippen LogP contribution in [-0.2, 0) is 7.05 Å². The van der Waals surface area contributed by atoms with E-state index in [9.17, 15) is 4.79 Å². The van der Waals surface area contributed by atoms with Gasteiger partial charge in [0.2, 0.25) is 5.65 Å². The molecule has 1 N–H and O–H groups in total. The van der Waals surface area contributed by atoms with Crippen molar-refractivity contribution < 1.29 is 4.74 Å². The number of aromatic amines is 1. The Kier molecular flexibility index (Phi) is 1.91. The maximum absolute atomic E-state index is 11.4. The maximum atomic E-state index is 11.4. The fourth-order valence-corrected chi connectivity index (χ4v) is 1.10. The largest absolute Gasteiger partial charge is 0.465 e. The number of aryl methyl sites for hydroxylation is 1. The number of hydrogen-bond acceptors (Lipinski definition) is 5. The number of ether oxygens (including phenoxy) is 1. The molecule has 0 radical (unpaired) electrons. The summed E-state index contributed by atoms with van der Waals surface area (Å²) in [5.41, 5.74) is 0.169. The van der Waals surface area contributed by atoms with Crippen LogP contribution in [0.4, 0.5) is 0 Å². The highest BCUT2D eigenvalue weighted by atomic mass is 16.5. The van der Waals surface area contributed by atoms with E-state index in [0.29, 0.717) is 12.3 Å². The summed E-state index contributed by atoms with van der Waals surface area (Å²) in [6, 6.07) is 0.172. The van der Waals surface area contributed by atoms with Gasteiger partial charge < -0.3 is 4.74 Å². The van der Waals surface area contributed by atoms with Gasteiger partial charge in [0.15, 0.2) is 5.52 Å². The molecule has 0 spiro atoms. The summed E-state index contributed by atoms with van der Waals surface area (Å²) in [6.45, 7) is 2.25. The van der Waals surface area contributed by atoms with Crippen LogP contribution in [0.1, 0.15) is 6.92 Å². The standard InChI is InChI=1S/C7H9N5O2/c1-3-14-7-8-5-4(6(13)9-7)10-12(2)11-5/h3H2,1-2H3,(H,8,9,11,13). The highest BCUT2D eigenvalue weighted by Gasteiger charge is 2.08. The zero-order valence-corrected chi connectivity index (χ0v) is 7.81. The first-order chi connectivity index (χ1) is 6.70. The predicted octanol–water partition coefficient (Wildman–Crippen LogP) is -0.550. The van der Waals surface area contributed by atoms with E-state index in [1.807, 2.05) is 0 Å². The van der Waals surface area contributed by atoms with Crippen molar-refractivity contribution in [3.05, 3.63) is 10.4 Å². The summed E-state index contributed by atoms with van der Waals surface area (Å²) in [5, 5.41) is 7.77. The van der Waals surface area contributed by atoms with E-state index in [2.05, 4.69) is 20.2 Å². The Hall–Kier alpha value is -1.92. The minimum atomic E-state index is -0.341. The Morgan fingerprint density at radius 3 is 3.00 bits per heavy atom. The van der Waals surface area contributed by atoms with E-state index in [4.69, 9.17) is 4.74 Å². The third-order valence-electron chi connectivity index (χ3n) is 1.62. The molecule has 0 fully saturated rings. The predicted molar refractivity (Wildman–Crippen MR) is 48.1 cm³/mol. The smallest absolute Gasteiger partial charge is 0.298 e. The van der Waals surface area contributed by atoms with Gasteiger partial charge in [-0.15, -0.1) is 10.2 Å². The topological polar surface area (TPSA) is 85.7 Å². The molecule has 2 heterocycles. The molecule has 0 amide bonds. The van der Waals surface area contributed by atoms with Crippen LogP contribution in [0, 0.1) is 0 Å². The van der Waals surface area contributed by atoms with E-state index < -0.39 is 0 Å². The minimum absolute atomic E-state index is 0.172. The molecule has 0 aliphatic carbocycles. The lowest BCUT2D eigenvalue weighted by Gasteiger charge is -1.98. The van der Waals surface area contributed by atoms with Gasteiger partial charge in [-0.05, 0) is 6.92 Å². The van der Waals surface area contributed by atoms with Crippen molar-refractivity contribution >= 4 is 11.2 Å². The molecule has 0 saturated heterocycles. The van der Waals surface area contributed by atoms with E-state index in [0.717, 1.165) is 0 Å². The SMILES string of the molecule is CCOc1nc2nn(C)nc2c(=O)[nH]1. The van der Waals surface area contributed by atoms with Gasteiger partial charge in [-0.2, -0.15) is 9.78 Å². The van der Waals surface area contributed by atoms with Crippen molar-refractivity contribution in [3.8, 4) is 6.01 Å². The average Bonchev–Trinajstić information content (AvgIpc) is 2.47. The Morgan fingerprint density at radius 1 is 1.50 bits per heavy atom. The van der Waals surface area contributed by atoms with Crippen molar-refractivity contribution in [1.82, 2.24) is 25.0 Å². The molecule has 14 heavy (non-hydrogen) atoms. The molecule has 0 atom stereocenters. The van der Waals surface area contributed by atoms with Gasteiger partial charge in [0, 0.05) is 7.05 Å². The van der Waals surface area contributed by atoms with Crippen LogP contribution in [0.5, 0.6) is 6.01 Å². The van der Waals surface area contributed by atoms with E-state index in [-0.39, 0.29) is 17.1 Å². The molecule has 0 aliphatic heterocycles. The molecule has 0 unspecified atom stereocenters. The zero-order valence-electron chi connectivity index (χ0n) is 7.81. The van der Waals surface area contributed by atoms with Gasteiger partial charge in [-0.3, -0.25) is 9.78 Å². The Labute approximate surface area is 78.7 Å². The van der Waals surface area contributed by atoms with Gasteiger partial charge in [-0.25, -0.2) is 0 Å². The first kappa shape index (κ1) is 8.67. The molecule has 7 nitrogen and oxygen atoms in total. The lowest BCUT2D eigenvalue weighted by Crippen LogP contribution is -2.10. The molecule has 0 aliphatic rings. The van der Waals surface area contributed by atoms with Crippen molar-refractivity contribution in [2.45, 2.75) is 6.92 Å². The van der Waals surface area contributed by atoms with Gasteiger partial charge in [-0.1, -0.05) is 0 Å².